The molecule has 0 heterocycles. The highest BCUT2D eigenvalue weighted by atomic mass is 16.5. The van der Waals surface area contributed by atoms with Crippen LogP contribution in [0.2, 0.25) is 0 Å². The van der Waals surface area contributed by atoms with Crippen LogP contribution in [0.25, 0.3) is 0 Å². The molecule has 0 atom stereocenters. The molecule has 0 fully saturated rings. The van der Waals surface area contributed by atoms with Crippen LogP contribution in [-0.2, 0) is 16.1 Å². The molecule has 140 valence electrons. The number of ether oxygens (including phenoxy) is 3. The largest absolute Gasteiger partial charge is 0.497 e. The van der Waals surface area contributed by atoms with Crippen LogP contribution in [0.5, 0.6) is 11.5 Å². The van der Waals surface area contributed by atoms with Crippen LogP contribution in [0.1, 0.15) is 32.3 Å². The van der Waals surface area contributed by atoms with Gasteiger partial charge >= 0.3 is 5.97 Å². The van der Waals surface area contributed by atoms with Crippen LogP contribution in [0, 0.1) is 0 Å². The van der Waals surface area contributed by atoms with E-state index in [9.17, 15) is 4.79 Å². The van der Waals surface area contributed by atoms with E-state index in [4.69, 9.17) is 14.2 Å². The molecule has 1 aromatic carbocycles. The highest BCUT2D eigenvalue weighted by molar-refractivity contribution is 5.79. The van der Waals surface area contributed by atoms with Crippen molar-refractivity contribution in [3.8, 4) is 11.5 Å². The second kappa shape index (κ2) is 12.0. The summed E-state index contributed by atoms with van der Waals surface area (Å²) in [7, 11) is 3.25. The van der Waals surface area contributed by atoms with E-state index in [-0.39, 0.29) is 5.97 Å². The quantitative estimate of drug-likeness (QED) is 0.291. The number of esters is 1. The van der Waals surface area contributed by atoms with E-state index in [0.717, 1.165) is 23.6 Å². The van der Waals surface area contributed by atoms with E-state index in [1.807, 2.05) is 25.1 Å². The Labute approximate surface area is 149 Å². The van der Waals surface area contributed by atoms with Gasteiger partial charge in [-0.3, -0.25) is 4.79 Å². The van der Waals surface area contributed by atoms with Gasteiger partial charge in [-0.05, 0) is 32.4 Å². The Morgan fingerprint density at radius 3 is 2.60 bits per heavy atom. The predicted octanol–water partition coefficient (Wildman–Crippen LogP) is 2.10. The highest BCUT2D eigenvalue weighted by Gasteiger charge is 2.06. The number of benzene rings is 1. The van der Waals surface area contributed by atoms with Gasteiger partial charge in [0.1, 0.15) is 11.5 Å². The Bertz CT molecular complexity index is 561. The fraction of sp³-hybridized carbons (Fsp3) is 0.556. The first kappa shape index (κ1) is 20.6. The van der Waals surface area contributed by atoms with E-state index in [1.165, 1.54) is 0 Å². The van der Waals surface area contributed by atoms with Crippen LogP contribution in [0.15, 0.2) is 23.2 Å². The number of nitrogens with one attached hydrogen (secondary N) is 2. The Morgan fingerprint density at radius 2 is 1.96 bits per heavy atom. The number of hydrogen-bond donors (Lipinski definition) is 2. The minimum absolute atomic E-state index is 0.172. The lowest BCUT2D eigenvalue weighted by atomic mass is 10.2. The maximum Gasteiger partial charge on any atom is 0.305 e. The van der Waals surface area contributed by atoms with Gasteiger partial charge in [-0.25, -0.2) is 4.99 Å². The van der Waals surface area contributed by atoms with Gasteiger partial charge in [0.2, 0.25) is 0 Å². The predicted molar refractivity (Wildman–Crippen MR) is 98.2 cm³/mol. The monoisotopic (exact) mass is 351 g/mol. The molecule has 0 radical (unpaired) electrons. The number of rotatable bonds is 10. The summed E-state index contributed by atoms with van der Waals surface area (Å²) in [5.41, 5.74) is 0.965. The van der Waals surface area contributed by atoms with Crippen LogP contribution in [-0.4, -0.2) is 45.8 Å². The number of nitrogens with zero attached hydrogens (tertiary/aromatic N) is 1. The minimum Gasteiger partial charge on any atom is -0.497 e. The van der Waals surface area contributed by atoms with Gasteiger partial charge in [-0.15, -0.1) is 0 Å². The van der Waals surface area contributed by atoms with Crippen molar-refractivity contribution < 1.29 is 19.0 Å². The molecule has 1 rings (SSSR count). The summed E-state index contributed by atoms with van der Waals surface area (Å²) in [5, 5.41) is 6.40. The topological polar surface area (TPSA) is 81.2 Å². The second-order valence-corrected chi connectivity index (χ2v) is 5.21. The number of aliphatic imine (C=N–C) groups is 1. The number of methoxy groups -OCH3 is 2. The maximum atomic E-state index is 11.3. The summed E-state index contributed by atoms with van der Waals surface area (Å²) < 4.78 is 15.5. The van der Waals surface area contributed by atoms with Gasteiger partial charge in [0.25, 0.3) is 0 Å². The summed E-state index contributed by atoms with van der Waals surface area (Å²) in [6.07, 6.45) is 1.08. The molecule has 0 aliphatic carbocycles. The third-order valence-electron chi connectivity index (χ3n) is 3.40. The van der Waals surface area contributed by atoms with Gasteiger partial charge in [0.05, 0.1) is 27.4 Å². The summed E-state index contributed by atoms with van der Waals surface area (Å²) in [6, 6.07) is 5.66. The molecule has 0 spiro atoms. The highest BCUT2D eigenvalue weighted by Crippen LogP contribution is 2.25. The van der Waals surface area contributed by atoms with E-state index >= 15 is 0 Å². The van der Waals surface area contributed by atoms with Crippen LogP contribution < -0.4 is 20.1 Å². The van der Waals surface area contributed by atoms with Crippen LogP contribution >= 0.6 is 0 Å². The standard InChI is InChI=1S/C18H29N3O4/c1-5-19-18(20-11-7-8-17(22)25-6-2)21-13-14-9-10-15(23-3)12-16(14)24-4/h9-10,12H,5-8,11,13H2,1-4H3,(H2,19,20,21). The van der Waals surface area contributed by atoms with Crippen molar-refractivity contribution in [2.45, 2.75) is 33.2 Å². The fourth-order valence-corrected chi connectivity index (χ4v) is 2.16. The van der Waals surface area contributed by atoms with E-state index < -0.39 is 0 Å². The number of carbonyl (C=O) groups is 1. The summed E-state index contributed by atoms with van der Waals surface area (Å²) >= 11 is 0. The Balaban J connectivity index is 2.59. The molecule has 0 aliphatic heterocycles. The lowest BCUT2D eigenvalue weighted by molar-refractivity contribution is -0.143. The first-order valence-corrected chi connectivity index (χ1v) is 8.53. The van der Waals surface area contributed by atoms with E-state index in [0.29, 0.717) is 38.5 Å². The van der Waals surface area contributed by atoms with Crippen LogP contribution in [0.3, 0.4) is 0 Å². The van der Waals surface area contributed by atoms with Crippen molar-refractivity contribution in [3.63, 3.8) is 0 Å². The molecule has 0 aliphatic rings. The van der Waals surface area contributed by atoms with Crippen molar-refractivity contribution in [2.24, 2.45) is 4.99 Å². The van der Waals surface area contributed by atoms with E-state index in [1.54, 1.807) is 21.1 Å². The molecular weight excluding hydrogens is 322 g/mol. The molecule has 2 N–H and O–H groups in total. The average molecular weight is 351 g/mol. The van der Waals surface area contributed by atoms with Crippen LogP contribution in [0.4, 0.5) is 0 Å². The summed E-state index contributed by atoms with van der Waals surface area (Å²) in [5.74, 6) is 2.01. The van der Waals surface area contributed by atoms with Crippen molar-refractivity contribution >= 4 is 11.9 Å². The smallest absolute Gasteiger partial charge is 0.305 e. The van der Waals surface area contributed by atoms with Gasteiger partial charge in [0, 0.05) is 31.1 Å². The Hall–Kier alpha value is -2.44. The Morgan fingerprint density at radius 1 is 1.16 bits per heavy atom. The normalized spacial score (nSPS) is 11.0. The maximum absolute atomic E-state index is 11.3. The molecule has 0 bridgehead atoms. The van der Waals surface area contributed by atoms with Gasteiger partial charge in [-0.2, -0.15) is 0 Å². The minimum atomic E-state index is -0.172. The van der Waals surface area contributed by atoms with Gasteiger partial charge in [-0.1, -0.05) is 0 Å². The fourth-order valence-electron chi connectivity index (χ4n) is 2.16. The molecule has 0 aromatic heterocycles. The summed E-state index contributed by atoms with van der Waals surface area (Å²) in [4.78, 5) is 15.9. The third-order valence-corrected chi connectivity index (χ3v) is 3.40. The average Bonchev–Trinajstić information content (AvgIpc) is 2.63. The molecule has 7 heteroatoms. The zero-order valence-electron chi connectivity index (χ0n) is 15.6. The van der Waals surface area contributed by atoms with Crippen molar-refractivity contribution in [1.82, 2.24) is 10.6 Å². The number of hydrogen-bond acceptors (Lipinski definition) is 5. The molecular formula is C18H29N3O4. The molecule has 0 unspecified atom stereocenters. The third kappa shape index (κ3) is 7.78. The first-order valence-electron chi connectivity index (χ1n) is 8.53. The Kier molecular flexibility index (Phi) is 9.89. The molecule has 0 saturated heterocycles. The van der Waals surface area contributed by atoms with Crippen molar-refractivity contribution in [1.29, 1.82) is 0 Å². The lowest BCUT2D eigenvalue weighted by Gasteiger charge is -2.12. The van der Waals surface area contributed by atoms with Gasteiger partial charge < -0.3 is 24.8 Å². The molecule has 0 amide bonds. The second-order valence-electron chi connectivity index (χ2n) is 5.21. The number of carbonyl (C=O) groups excluding carboxylic acids is 1. The zero-order chi connectivity index (χ0) is 18.5. The lowest BCUT2D eigenvalue weighted by Crippen LogP contribution is -2.37. The first-order chi connectivity index (χ1) is 12.1. The zero-order valence-corrected chi connectivity index (χ0v) is 15.6. The van der Waals surface area contributed by atoms with Gasteiger partial charge in [0.15, 0.2) is 5.96 Å². The summed E-state index contributed by atoms with van der Waals surface area (Å²) in [6.45, 7) is 6.09. The SMILES string of the molecule is CCNC(=NCc1ccc(OC)cc1OC)NCCCC(=O)OCC. The molecule has 25 heavy (non-hydrogen) atoms. The molecule has 1 aromatic rings. The number of guanidine groups is 1. The molecule has 7 nitrogen and oxygen atoms in total. The molecule has 0 saturated carbocycles. The van der Waals surface area contributed by atoms with E-state index in [2.05, 4.69) is 15.6 Å². The van der Waals surface area contributed by atoms with Crippen molar-refractivity contribution in [2.75, 3.05) is 33.9 Å². The van der Waals surface area contributed by atoms with Crippen molar-refractivity contribution in [3.05, 3.63) is 23.8 Å².